The van der Waals surface area contributed by atoms with Gasteiger partial charge in [0.05, 0.1) is 17.1 Å². The highest BCUT2D eigenvalue weighted by atomic mass is 35.5. The molecule has 2 aromatic rings. The molecular formula is C12H9Cl2NOS. The number of carbonyl (C=O) groups is 1. The summed E-state index contributed by atoms with van der Waals surface area (Å²) in [5.74, 6) is -0.217. The Morgan fingerprint density at radius 3 is 2.82 bits per heavy atom. The Balaban J connectivity index is 2.07. The number of nitrogens with one attached hydrogen (secondary N) is 1. The van der Waals surface area contributed by atoms with Crippen molar-refractivity contribution in [1.29, 1.82) is 0 Å². The molecule has 2 nitrogen and oxygen atoms in total. The maximum atomic E-state index is 11.9. The van der Waals surface area contributed by atoms with E-state index in [-0.39, 0.29) is 5.91 Å². The second-order valence-electron chi connectivity index (χ2n) is 3.39. The van der Waals surface area contributed by atoms with Crippen molar-refractivity contribution in [2.45, 2.75) is 6.54 Å². The van der Waals surface area contributed by atoms with Crippen LogP contribution in [0.25, 0.3) is 0 Å². The monoisotopic (exact) mass is 285 g/mol. The number of halogens is 2. The standard InChI is InChI=1S/C12H9Cl2NOS/c13-8-3-4-11(14)10(6-8)12(16)15-7-9-2-1-5-17-9/h1-6H,7H2,(H,15,16). The second-order valence-corrected chi connectivity index (χ2v) is 5.26. The van der Waals surface area contributed by atoms with Crippen LogP contribution in [0.3, 0.4) is 0 Å². The summed E-state index contributed by atoms with van der Waals surface area (Å²) >= 11 is 13.4. The van der Waals surface area contributed by atoms with E-state index in [1.165, 1.54) is 0 Å². The second kappa shape index (κ2) is 5.54. The summed E-state index contributed by atoms with van der Waals surface area (Å²) in [5.41, 5.74) is 0.399. The summed E-state index contributed by atoms with van der Waals surface area (Å²) in [6.07, 6.45) is 0. The minimum atomic E-state index is -0.217. The summed E-state index contributed by atoms with van der Waals surface area (Å²) in [6, 6.07) is 8.74. The van der Waals surface area contributed by atoms with Gasteiger partial charge in [0, 0.05) is 9.90 Å². The van der Waals surface area contributed by atoms with Gasteiger partial charge in [-0.15, -0.1) is 11.3 Å². The van der Waals surface area contributed by atoms with Crippen LogP contribution in [-0.4, -0.2) is 5.91 Å². The van der Waals surface area contributed by atoms with Gasteiger partial charge in [0.25, 0.3) is 5.91 Å². The lowest BCUT2D eigenvalue weighted by molar-refractivity contribution is 0.0951. The fourth-order valence-corrected chi connectivity index (χ4v) is 2.37. The van der Waals surface area contributed by atoms with Crippen LogP contribution < -0.4 is 5.32 Å². The molecule has 0 saturated heterocycles. The van der Waals surface area contributed by atoms with Crippen molar-refractivity contribution in [3.63, 3.8) is 0 Å². The van der Waals surface area contributed by atoms with E-state index in [2.05, 4.69) is 5.32 Å². The van der Waals surface area contributed by atoms with Crippen molar-refractivity contribution in [2.75, 3.05) is 0 Å². The van der Waals surface area contributed by atoms with E-state index in [1.54, 1.807) is 29.5 Å². The molecule has 1 aromatic carbocycles. The van der Waals surface area contributed by atoms with Crippen molar-refractivity contribution >= 4 is 40.4 Å². The Bertz CT molecular complexity index is 525. The normalized spacial score (nSPS) is 10.2. The molecule has 0 aliphatic heterocycles. The maximum Gasteiger partial charge on any atom is 0.253 e. The van der Waals surface area contributed by atoms with Gasteiger partial charge in [-0.2, -0.15) is 0 Å². The summed E-state index contributed by atoms with van der Waals surface area (Å²) in [6.45, 7) is 0.499. The molecule has 5 heteroatoms. The van der Waals surface area contributed by atoms with Crippen molar-refractivity contribution in [3.05, 3.63) is 56.2 Å². The first kappa shape index (κ1) is 12.4. The number of carbonyl (C=O) groups excluding carboxylic acids is 1. The molecule has 1 N–H and O–H groups in total. The number of rotatable bonds is 3. The van der Waals surface area contributed by atoms with Crippen LogP contribution in [0.5, 0.6) is 0 Å². The predicted octanol–water partition coefficient (Wildman–Crippen LogP) is 3.98. The van der Waals surface area contributed by atoms with Gasteiger partial charge in [-0.3, -0.25) is 4.79 Å². The number of benzene rings is 1. The quantitative estimate of drug-likeness (QED) is 0.908. The van der Waals surface area contributed by atoms with Crippen LogP contribution in [0.2, 0.25) is 10.0 Å². The van der Waals surface area contributed by atoms with E-state index in [0.29, 0.717) is 22.2 Å². The molecule has 0 aliphatic rings. The highest BCUT2D eigenvalue weighted by molar-refractivity contribution is 7.09. The Hall–Kier alpha value is -1.03. The molecule has 1 aromatic heterocycles. The maximum absolute atomic E-state index is 11.9. The van der Waals surface area contributed by atoms with Gasteiger partial charge in [0.1, 0.15) is 0 Å². The summed E-state index contributed by atoms with van der Waals surface area (Å²) < 4.78 is 0. The van der Waals surface area contributed by atoms with Gasteiger partial charge in [0.15, 0.2) is 0 Å². The molecule has 0 atom stereocenters. The summed E-state index contributed by atoms with van der Waals surface area (Å²) in [5, 5.41) is 5.66. The van der Waals surface area contributed by atoms with Crippen molar-refractivity contribution in [1.82, 2.24) is 5.32 Å². The number of thiophene rings is 1. The summed E-state index contributed by atoms with van der Waals surface area (Å²) in [4.78, 5) is 13.0. The molecule has 0 aliphatic carbocycles. The average molecular weight is 286 g/mol. The highest BCUT2D eigenvalue weighted by Crippen LogP contribution is 2.20. The molecule has 1 heterocycles. The molecule has 2 rings (SSSR count). The first-order valence-corrected chi connectivity index (χ1v) is 6.56. The fourth-order valence-electron chi connectivity index (χ4n) is 1.35. The number of hydrogen-bond donors (Lipinski definition) is 1. The zero-order chi connectivity index (χ0) is 12.3. The zero-order valence-corrected chi connectivity index (χ0v) is 11.1. The Morgan fingerprint density at radius 1 is 1.29 bits per heavy atom. The van der Waals surface area contributed by atoms with Gasteiger partial charge < -0.3 is 5.32 Å². The average Bonchev–Trinajstić information content (AvgIpc) is 2.82. The topological polar surface area (TPSA) is 29.1 Å². The first-order chi connectivity index (χ1) is 8.16. The van der Waals surface area contributed by atoms with E-state index in [1.807, 2.05) is 17.5 Å². The molecule has 88 valence electrons. The zero-order valence-electron chi connectivity index (χ0n) is 8.74. The van der Waals surface area contributed by atoms with Crippen LogP contribution in [0, 0.1) is 0 Å². The van der Waals surface area contributed by atoms with Crippen LogP contribution in [0.15, 0.2) is 35.7 Å². The minimum absolute atomic E-state index is 0.217. The number of amides is 1. The lowest BCUT2D eigenvalue weighted by Crippen LogP contribution is -2.22. The van der Waals surface area contributed by atoms with Crippen molar-refractivity contribution in [2.24, 2.45) is 0 Å². The molecule has 0 bridgehead atoms. The van der Waals surface area contributed by atoms with E-state index in [0.717, 1.165) is 4.88 Å². The SMILES string of the molecule is O=C(NCc1cccs1)c1cc(Cl)ccc1Cl. The van der Waals surface area contributed by atoms with Crippen molar-refractivity contribution in [3.8, 4) is 0 Å². The van der Waals surface area contributed by atoms with Crippen molar-refractivity contribution < 1.29 is 4.79 Å². The largest absolute Gasteiger partial charge is 0.347 e. The molecular weight excluding hydrogens is 277 g/mol. The van der Waals surface area contributed by atoms with E-state index in [4.69, 9.17) is 23.2 Å². The van der Waals surface area contributed by atoms with Gasteiger partial charge in [0.2, 0.25) is 0 Å². The van der Waals surface area contributed by atoms with Gasteiger partial charge in [-0.05, 0) is 29.6 Å². The van der Waals surface area contributed by atoms with E-state index in [9.17, 15) is 4.79 Å². The van der Waals surface area contributed by atoms with Gasteiger partial charge in [-0.1, -0.05) is 29.3 Å². The van der Waals surface area contributed by atoms with Crippen LogP contribution in [-0.2, 0) is 6.54 Å². The van der Waals surface area contributed by atoms with Gasteiger partial charge in [-0.25, -0.2) is 0 Å². The molecule has 0 spiro atoms. The van der Waals surface area contributed by atoms with Gasteiger partial charge >= 0.3 is 0 Å². The third-order valence-electron chi connectivity index (χ3n) is 2.18. The third-order valence-corrected chi connectivity index (χ3v) is 3.62. The molecule has 0 fully saturated rings. The Labute approximate surface area is 113 Å². The highest BCUT2D eigenvalue weighted by Gasteiger charge is 2.10. The lowest BCUT2D eigenvalue weighted by atomic mass is 10.2. The van der Waals surface area contributed by atoms with Crippen LogP contribution >= 0.6 is 34.5 Å². The third kappa shape index (κ3) is 3.22. The molecule has 17 heavy (non-hydrogen) atoms. The molecule has 1 amide bonds. The first-order valence-electron chi connectivity index (χ1n) is 4.92. The molecule has 0 unspecified atom stereocenters. The number of hydrogen-bond acceptors (Lipinski definition) is 2. The Kier molecular flexibility index (Phi) is 4.05. The minimum Gasteiger partial charge on any atom is -0.347 e. The van der Waals surface area contributed by atoms with E-state index >= 15 is 0 Å². The summed E-state index contributed by atoms with van der Waals surface area (Å²) in [7, 11) is 0. The lowest BCUT2D eigenvalue weighted by Gasteiger charge is -2.05. The van der Waals surface area contributed by atoms with Crippen LogP contribution in [0.1, 0.15) is 15.2 Å². The van der Waals surface area contributed by atoms with Crippen LogP contribution in [0.4, 0.5) is 0 Å². The predicted molar refractivity (Wildman–Crippen MR) is 72.0 cm³/mol. The van der Waals surface area contributed by atoms with E-state index < -0.39 is 0 Å². The molecule has 0 radical (unpaired) electrons. The fraction of sp³-hybridized carbons (Fsp3) is 0.0833. The molecule has 0 saturated carbocycles. The Morgan fingerprint density at radius 2 is 2.12 bits per heavy atom. The smallest absolute Gasteiger partial charge is 0.253 e.